The lowest BCUT2D eigenvalue weighted by molar-refractivity contribution is 0.0938. The van der Waals surface area contributed by atoms with Gasteiger partial charge in [0.05, 0.1) is 11.3 Å². The summed E-state index contributed by atoms with van der Waals surface area (Å²) >= 11 is 0. The van der Waals surface area contributed by atoms with Crippen LogP contribution in [-0.4, -0.2) is 50.9 Å². The summed E-state index contributed by atoms with van der Waals surface area (Å²) in [6.07, 6.45) is 5.48. The molecule has 2 aromatic heterocycles. The highest BCUT2D eigenvalue weighted by molar-refractivity contribution is 5.95. The highest BCUT2D eigenvalue weighted by atomic mass is 19.1. The zero-order chi connectivity index (χ0) is 17.4. The number of aromatic nitrogens is 3. The second-order valence-corrected chi connectivity index (χ2v) is 7.15. The van der Waals surface area contributed by atoms with Crippen molar-refractivity contribution in [1.29, 1.82) is 0 Å². The van der Waals surface area contributed by atoms with E-state index in [0.717, 1.165) is 29.8 Å². The van der Waals surface area contributed by atoms with Crippen molar-refractivity contribution in [3.8, 4) is 0 Å². The molecular formula is C18H24FN5O. The Bertz CT molecular complexity index is 750. The maximum Gasteiger partial charge on any atom is 0.253 e. The number of carbonyl (C=O) groups is 1. The van der Waals surface area contributed by atoms with E-state index in [-0.39, 0.29) is 11.9 Å². The molecule has 1 aliphatic carbocycles. The zero-order valence-electron chi connectivity index (χ0n) is 14.4. The van der Waals surface area contributed by atoms with E-state index in [9.17, 15) is 9.18 Å². The molecule has 2 aliphatic rings. The van der Waals surface area contributed by atoms with E-state index < -0.39 is 6.17 Å². The van der Waals surface area contributed by atoms with Crippen molar-refractivity contribution >= 4 is 5.91 Å². The maximum absolute atomic E-state index is 13.9. The van der Waals surface area contributed by atoms with Gasteiger partial charge in [0.2, 0.25) is 0 Å². The fraction of sp³-hybridized carbons (Fsp3) is 0.556. The highest BCUT2D eigenvalue weighted by Gasteiger charge is 2.33. The van der Waals surface area contributed by atoms with E-state index >= 15 is 0 Å². The predicted octanol–water partition coefficient (Wildman–Crippen LogP) is 1.97. The number of alkyl halides is 1. The fourth-order valence-corrected chi connectivity index (χ4v) is 3.69. The largest absolute Gasteiger partial charge is 0.364 e. The number of aryl methyl sites for hydroxylation is 1. The number of carbonyl (C=O) groups excluding carboxylic acids is 1. The van der Waals surface area contributed by atoms with Gasteiger partial charge in [-0.2, -0.15) is 5.10 Å². The summed E-state index contributed by atoms with van der Waals surface area (Å²) in [6, 6.07) is 3.79. The Kier molecular flexibility index (Phi) is 4.33. The average molecular weight is 345 g/mol. The summed E-state index contributed by atoms with van der Waals surface area (Å²) in [5, 5.41) is 7.17. The molecule has 1 saturated heterocycles. The standard InChI is InChI=1S/C18H24FN5O/c1-23-14(4-7-22-23)11-24-10-13(19)8-15(24)9-21-18(25)16-5-6-20-17(16)12-2-3-12/h4-7,12-13,15,20H,2-3,8-11H2,1H3,(H,21,25)/t13-,15-/m0/s1. The molecule has 0 bridgehead atoms. The Morgan fingerprint density at radius 2 is 2.28 bits per heavy atom. The molecular weight excluding hydrogens is 321 g/mol. The van der Waals surface area contributed by atoms with Crippen molar-refractivity contribution in [2.75, 3.05) is 13.1 Å². The number of hydrogen-bond acceptors (Lipinski definition) is 3. The van der Waals surface area contributed by atoms with Gasteiger partial charge in [-0.15, -0.1) is 0 Å². The molecule has 134 valence electrons. The van der Waals surface area contributed by atoms with Crippen molar-refractivity contribution in [3.63, 3.8) is 0 Å². The number of rotatable bonds is 6. The summed E-state index contributed by atoms with van der Waals surface area (Å²) < 4.78 is 15.8. The molecule has 0 unspecified atom stereocenters. The molecule has 1 aliphatic heterocycles. The zero-order valence-corrected chi connectivity index (χ0v) is 14.4. The molecule has 6 nitrogen and oxygen atoms in total. The Hall–Kier alpha value is -2.15. The minimum Gasteiger partial charge on any atom is -0.364 e. The summed E-state index contributed by atoms with van der Waals surface area (Å²) in [5.74, 6) is 0.435. The smallest absolute Gasteiger partial charge is 0.253 e. The molecule has 25 heavy (non-hydrogen) atoms. The molecule has 2 fully saturated rings. The molecule has 2 N–H and O–H groups in total. The van der Waals surface area contributed by atoms with E-state index in [1.807, 2.05) is 30.1 Å². The van der Waals surface area contributed by atoms with Crippen molar-refractivity contribution in [2.45, 2.75) is 43.9 Å². The maximum atomic E-state index is 13.9. The van der Waals surface area contributed by atoms with Crippen LogP contribution >= 0.6 is 0 Å². The first-order valence-electron chi connectivity index (χ1n) is 8.92. The lowest BCUT2D eigenvalue weighted by Gasteiger charge is -2.24. The number of H-pyrrole nitrogens is 1. The first-order chi connectivity index (χ1) is 12.1. The molecule has 0 aromatic carbocycles. The van der Waals surface area contributed by atoms with Crippen molar-refractivity contribution < 1.29 is 9.18 Å². The van der Waals surface area contributed by atoms with E-state index in [1.165, 1.54) is 0 Å². The lowest BCUT2D eigenvalue weighted by Crippen LogP contribution is -2.40. The van der Waals surface area contributed by atoms with Crippen LogP contribution in [0.15, 0.2) is 24.5 Å². The lowest BCUT2D eigenvalue weighted by atomic mass is 10.1. The Morgan fingerprint density at radius 1 is 1.44 bits per heavy atom. The van der Waals surface area contributed by atoms with Gasteiger partial charge in [-0.05, 0) is 37.3 Å². The fourth-order valence-electron chi connectivity index (χ4n) is 3.69. The molecule has 3 heterocycles. The summed E-state index contributed by atoms with van der Waals surface area (Å²) in [7, 11) is 1.89. The van der Waals surface area contributed by atoms with Gasteiger partial charge in [0, 0.05) is 50.8 Å². The third-order valence-electron chi connectivity index (χ3n) is 5.27. The summed E-state index contributed by atoms with van der Waals surface area (Å²) in [6.45, 7) is 1.52. The number of hydrogen-bond donors (Lipinski definition) is 2. The van der Waals surface area contributed by atoms with Gasteiger partial charge < -0.3 is 10.3 Å². The van der Waals surface area contributed by atoms with Crippen molar-refractivity contribution in [2.24, 2.45) is 7.05 Å². The van der Waals surface area contributed by atoms with Crippen LogP contribution in [0.25, 0.3) is 0 Å². The molecule has 7 heteroatoms. The first-order valence-corrected chi connectivity index (χ1v) is 8.92. The number of aromatic amines is 1. The molecule has 4 rings (SSSR count). The van der Waals surface area contributed by atoms with Crippen LogP contribution in [0.2, 0.25) is 0 Å². The van der Waals surface area contributed by atoms with Gasteiger partial charge in [0.25, 0.3) is 5.91 Å². The minimum atomic E-state index is -0.843. The van der Waals surface area contributed by atoms with E-state index in [0.29, 0.717) is 32.0 Å². The number of nitrogens with one attached hydrogen (secondary N) is 2. The number of nitrogens with zero attached hydrogens (tertiary/aromatic N) is 3. The van der Waals surface area contributed by atoms with Crippen LogP contribution in [0.1, 0.15) is 46.9 Å². The van der Waals surface area contributed by atoms with Gasteiger partial charge in [-0.3, -0.25) is 14.4 Å². The quantitative estimate of drug-likeness (QED) is 0.841. The Balaban J connectivity index is 1.38. The minimum absolute atomic E-state index is 0.0113. The van der Waals surface area contributed by atoms with Gasteiger partial charge in [-0.1, -0.05) is 0 Å². The molecule has 1 saturated carbocycles. The second-order valence-electron chi connectivity index (χ2n) is 7.15. The summed E-state index contributed by atoms with van der Waals surface area (Å²) in [4.78, 5) is 17.8. The van der Waals surface area contributed by atoms with Gasteiger partial charge in [0.1, 0.15) is 6.17 Å². The topological polar surface area (TPSA) is 66.0 Å². The van der Waals surface area contributed by atoms with Crippen LogP contribution in [-0.2, 0) is 13.6 Å². The predicted molar refractivity (Wildman–Crippen MR) is 92.0 cm³/mol. The van der Waals surface area contributed by atoms with Crippen LogP contribution < -0.4 is 5.32 Å². The van der Waals surface area contributed by atoms with Gasteiger partial charge in [0.15, 0.2) is 0 Å². The number of likely N-dealkylation sites (tertiary alicyclic amines) is 1. The van der Waals surface area contributed by atoms with Crippen LogP contribution in [0.5, 0.6) is 0 Å². The molecule has 0 radical (unpaired) electrons. The average Bonchev–Trinajstić information content (AvgIpc) is 3.00. The van der Waals surface area contributed by atoms with Crippen LogP contribution in [0.4, 0.5) is 4.39 Å². The third kappa shape index (κ3) is 3.46. The van der Waals surface area contributed by atoms with Crippen molar-refractivity contribution in [3.05, 3.63) is 41.5 Å². The number of amides is 1. The summed E-state index contributed by atoms with van der Waals surface area (Å²) in [5.41, 5.74) is 2.82. The Labute approximate surface area is 146 Å². The van der Waals surface area contributed by atoms with E-state index in [2.05, 4.69) is 20.3 Å². The van der Waals surface area contributed by atoms with Gasteiger partial charge >= 0.3 is 0 Å². The Morgan fingerprint density at radius 3 is 3.00 bits per heavy atom. The van der Waals surface area contributed by atoms with Gasteiger partial charge in [-0.25, -0.2) is 4.39 Å². The van der Waals surface area contributed by atoms with E-state index in [4.69, 9.17) is 0 Å². The molecule has 1 amide bonds. The second kappa shape index (κ2) is 6.63. The number of halogens is 1. The SMILES string of the molecule is Cn1nccc1CN1C[C@@H](F)C[C@H]1CNC(=O)c1cc[nH]c1C1CC1. The highest BCUT2D eigenvalue weighted by Crippen LogP contribution is 2.40. The normalized spacial score (nSPS) is 23.9. The third-order valence-corrected chi connectivity index (χ3v) is 5.27. The first kappa shape index (κ1) is 16.3. The van der Waals surface area contributed by atoms with E-state index in [1.54, 1.807) is 6.20 Å². The molecule has 2 atom stereocenters. The monoisotopic (exact) mass is 345 g/mol. The van der Waals surface area contributed by atoms with Crippen molar-refractivity contribution in [1.82, 2.24) is 25.0 Å². The van der Waals surface area contributed by atoms with Crippen LogP contribution in [0.3, 0.4) is 0 Å². The van der Waals surface area contributed by atoms with Crippen LogP contribution in [0, 0.1) is 0 Å². The molecule has 2 aromatic rings. The molecule has 0 spiro atoms.